The number of hydrogen-bond acceptors (Lipinski definition) is 6. The second-order valence-electron chi connectivity index (χ2n) is 4.79. The maximum Gasteiger partial charge on any atom is 0.232 e. The number of aromatic nitrogens is 3. The van der Waals surface area contributed by atoms with Gasteiger partial charge in [-0.3, -0.25) is 0 Å². The third-order valence-corrected chi connectivity index (χ3v) is 2.54. The highest BCUT2D eigenvalue weighted by Crippen LogP contribution is 2.20. The Morgan fingerprint density at radius 1 is 1.05 bits per heavy atom. The standard InChI is InChI=1S/C13H18N6/c1-7(2)11-17-12(15)19-13(18-11)16-10-5-8(3)4-9(14)6-10/h4-7H,14H2,1-3H3,(H3,15,16,17,18,19). The van der Waals surface area contributed by atoms with Gasteiger partial charge < -0.3 is 16.8 Å². The van der Waals surface area contributed by atoms with Gasteiger partial charge in [0.1, 0.15) is 5.82 Å². The number of rotatable bonds is 3. The molecule has 19 heavy (non-hydrogen) atoms. The van der Waals surface area contributed by atoms with Crippen LogP contribution in [0.2, 0.25) is 0 Å². The molecule has 0 spiro atoms. The Morgan fingerprint density at radius 3 is 2.42 bits per heavy atom. The van der Waals surface area contributed by atoms with Gasteiger partial charge in [0.15, 0.2) is 0 Å². The summed E-state index contributed by atoms with van der Waals surface area (Å²) in [5.41, 5.74) is 14.1. The van der Waals surface area contributed by atoms with Crippen molar-refractivity contribution in [2.75, 3.05) is 16.8 Å². The predicted molar refractivity (Wildman–Crippen MR) is 77.2 cm³/mol. The van der Waals surface area contributed by atoms with Crippen molar-refractivity contribution in [1.29, 1.82) is 0 Å². The topological polar surface area (TPSA) is 103 Å². The molecule has 0 atom stereocenters. The first kappa shape index (κ1) is 13.1. The zero-order valence-corrected chi connectivity index (χ0v) is 11.3. The zero-order chi connectivity index (χ0) is 14.0. The average Bonchev–Trinajstić information content (AvgIpc) is 2.26. The molecule has 6 nitrogen and oxygen atoms in total. The number of benzene rings is 1. The van der Waals surface area contributed by atoms with Crippen LogP contribution in [0.25, 0.3) is 0 Å². The Balaban J connectivity index is 2.32. The Morgan fingerprint density at radius 2 is 1.79 bits per heavy atom. The fourth-order valence-corrected chi connectivity index (χ4v) is 1.74. The lowest BCUT2D eigenvalue weighted by Crippen LogP contribution is -2.08. The number of aryl methyl sites for hydroxylation is 1. The minimum Gasteiger partial charge on any atom is -0.399 e. The molecule has 1 aromatic carbocycles. The van der Waals surface area contributed by atoms with Gasteiger partial charge >= 0.3 is 0 Å². The number of nitrogens with one attached hydrogen (secondary N) is 1. The fraction of sp³-hybridized carbons (Fsp3) is 0.308. The largest absolute Gasteiger partial charge is 0.399 e. The van der Waals surface area contributed by atoms with Crippen molar-refractivity contribution in [2.45, 2.75) is 26.7 Å². The van der Waals surface area contributed by atoms with E-state index in [1.165, 1.54) is 0 Å². The molecule has 0 saturated carbocycles. The first-order valence-corrected chi connectivity index (χ1v) is 6.09. The minimum atomic E-state index is 0.188. The van der Waals surface area contributed by atoms with Gasteiger partial charge in [0, 0.05) is 17.3 Å². The lowest BCUT2D eigenvalue weighted by atomic mass is 10.2. The SMILES string of the molecule is Cc1cc(N)cc(Nc2nc(N)nc(C(C)C)n2)c1. The summed E-state index contributed by atoms with van der Waals surface area (Å²) in [7, 11) is 0. The fourth-order valence-electron chi connectivity index (χ4n) is 1.74. The summed E-state index contributed by atoms with van der Waals surface area (Å²) in [6, 6.07) is 5.68. The van der Waals surface area contributed by atoms with Gasteiger partial charge in [-0.1, -0.05) is 13.8 Å². The summed E-state index contributed by atoms with van der Waals surface area (Å²) < 4.78 is 0. The summed E-state index contributed by atoms with van der Waals surface area (Å²) >= 11 is 0. The molecule has 0 saturated heterocycles. The van der Waals surface area contributed by atoms with Crippen molar-refractivity contribution < 1.29 is 0 Å². The van der Waals surface area contributed by atoms with E-state index in [4.69, 9.17) is 11.5 Å². The highest BCUT2D eigenvalue weighted by atomic mass is 15.2. The second kappa shape index (κ2) is 5.09. The molecule has 2 aromatic rings. The van der Waals surface area contributed by atoms with E-state index in [1.807, 2.05) is 39.0 Å². The average molecular weight is 258 g/mol. The van der Waals surface area contributed by atoms with Crippen molar-refractivity contribution in [2.24, 2.45) is 0 Å². The normalized spacial score (nSPS) is 10.7. The first-order valence-electron chi connectivity index (χ1n) is 6.09. The molecule has 100 valence electrons. The van der Waals surface area contributed by atoms with Crippen LogP contribution >= 0.6 is 0 Å². The smallest absolute Gasteiger partial charge is 0.232 e. The molecular formula is C13H18N6. The van der Waals surface area contributed by atoms with Gasteiger partial charge in [0.25, 0.3) is 0 Å². The third kappa shape index (κ3) is 3.31. The van der Waals surface area contributed by atoms with Crippen LogP contribution in [0.1, 0.15) is 31.2 Å². The van der Waals surface area contributed by atoms with Crippen molar-refractivity contribution in [3.63, 3.8) is 0 Å². The third-order valence-electron chi connectivity index (χ3n) is 2.54. The van der Waals surface area contributed by atoms with Crippen molar-refractivity contribution in [3.05, 3.63) is 29.6 Å². The van der Waals surface area contributed by atoms with Crippen LogP contribution in [0, 0.1) is 6.92 Å². The first-order chi connectivity index (χ1) is 8.94. The summed E-state index contributed by atoms with van der Waals surface area (Å²) in [6.07, 6.45) is 0. The number of hydrogen-bond donors (Lipinski definition) is 3. The minimum absolute atomic E-state index is 0.188. The molecule has 1 aromatic heterocycles. The molecule has 0 aliphatic heterocycles. The van der Waals surface area contributed by atoms with Crippen LogP contribution in [0.4, 0.5) is 23.3 Å². The molecular weight excluding hydrogens is 240 g/mol. The highest BCUT2D eigenvalue weighted by Gasteiger charge is 2.08. The van der Waals surface area contributed by atoms with Crippen molar-refractivity contribution >= 4 is 23.3 Å². The van der Waals surface area contributed by atoms with E-state index < -0.39 is 0 Å². The van der Waals surface area contributed by atoms with Crippen molar-refractivity contribution in [1.82, 2.24) is 15.0 Å². The summed E-state index contributed by atoms with van der Waals surface area (Å²) in [4.78, 5) is 12.5. The van der Waals surface area contributed by atoms with E-state index in [9.17, 15) is 0 Å². The molecule has 0 radical (unpaired) electrons. The van der Waals surface area contributed by atoms with Crippen LogP contribution in [-0.2, 0) is 0 Å². The number of nitrogens with two attached hydrogens (primary N) is 2. The van der Waals surface area contributed by atoms with E-state index in [-0.39, 0.29) is 11.9 Å². The maximum atomic E-state index is 5.80. The number of anilines is 4. The predicted octanol–water partition coefficient (Wildman–Crippen LogP) is 2.21. The van der Waals surface area contributed by atoms with Crippen LogP contribution in [0.3, 0.4) is 0 Å². The van der Waals surface area contributed by atoms with E-state index in [0.717, 1.165) is 11.3 Å². The van der Waals surface area contributed by atoms with E-state index in [2.05, 4.69) is 20.3 Å². The van der Waals surface area contributed by atoms with Crippen molar-refractivity contribution in [3.8, 4) is 0 Å². The van der Waals surface area contributed by atoms with Crippen LogP contribution < -0.4 is 16.8 Å². The molecule has 0 fully saturated rings. The Hall–Kier alpha value is -2.37. The number of nitrogen functional groups attached to an aromatic ring is 2. The van der Waals surface area contributed by atoms with Gasteiger partial charge in [-0.25, -0.2) is 0 Å². The molecule has 5 N–H and O–H groups in total. The monoisotopic (exact) mass is 258 g/mol. The van der Waals surface area contributed by atoms with E-state index in [0.29, 0.717) is 17.5 Å². The van der Waals surface area contributed by atoms with Crippen LogP contribution in [-0.4, -0.2) is 15.0 Å². The zero-order valence-electron chi connectivity index (χ0n) is 11.3. The summed E-state index contributed by atoms with van der Waals surface area (Å²) in [5.74, 6) is 1.49. The molecule has 0 aliphatic carbocycles. The van der Waals surface area contributed by atoms with Gasteiger partial charge in [-0.15, -0.1) is 0 Å². The molecule has 1 heterocycles. The van der Waals surface area contributed by atoms with Gasteiger partial charge in [-0.05, 0) is 30.7 Å². The van der Waals surface area contributed by atoms with E-state index in [1.54, 1.807) is 0 Å². The lowest BCUT2D eigenvalue weighted by Gasteiger charge is -2.10. The maximum absolute atomic E-state index is 5.80. The lowest BCUT2D eigenvalue weighted by molar-refractivity contribution is 0.767. The Labute approximate surface area is 112 Å². The van der Waals surface area contributed by atoms with Gasteiger partial charge in [0.2, 0.25) is 11.9 Å². The molecule has 0 bridgehead atoms. The summed E-state index contributed by atoms with van der Waals surface area (Å²) in [6.45, 7) is 5.98. The summed E-state index contributed by atoms with van der Waals surface area (Å²) in [5, 5.41) is 3.10. The molecule has 0 amide bonds. The molecule has 0 unspecified atom stereocenters. The van der Waals surface area contributed by atoms with Crippen LogP contribution in [0.5, 0.6) is 0 Å². The van der Waals surface area contributed by atoms with Crippen LogP contribution in [0.15, 0.2) is 18.2 Å². The molecule has 6 heteroatoms. The molecule has 2 rings (SSSR count). The van der Waals surface area contributed by atoms with Gasteiger partial charge in [-0.2, -0.15) is 15.0 Å². The Kier molecular flexibility index (Phi) is 3.50. The number of nitrogens with zero attached hydrogens (tertiary/aromatic N) is 3. The molecule has 0 aliphatic rings. The second-order valence-corrected chi connectivity index (χ2v) is 4.79. The quantitative estimate of drug-likeness (QED) is 0.729. The Bertz CT molecular complexity index is 573. The van der Waals surface area contributed by atoms with E-state index >= 15 is 0 Å². The highest BCUT2D eigenvalue weighted by molar-refractivity contribution is 5.61. The van der Waals surface area contributed by atoms with Gasteiger partial charge in [0.05, 0.1) is 0 Å².